The average molecular weight is 404 g/mol. The van der Waals surface area contributed by atoms with Crippen LogP contribution in [0.2, 0.25) is 0 Å². The van der Waals surface area contributed by atoms with E-state index in [1.165, 1.54) is 19.1 Å². The summed E-state index contributed by atoms with van der Waals surface area (Å²) in [5.74, 6) is -0.543. The van der Waals surface area contributed by atoms with Crippen LogP contribution in [0.1, 0.15) is 52.7 Å². The molecule has 1 aromatic rings. The van der Waals surface area contributed by atoms with E-state index in [9.17, 15) is 22.8 Å². The third kappa shape index (κ3) is 8.06. The molecule has 6 nitrogen and oxygen atoms in total. The molecule has 1 aromatic carbocycles. The van der Waals surface area contributed by atoms with Gasteiger partial charge in [0.1, 0.15) is 17.4 Å². The summed E-state index contributed by atoms with van der Waals surface area (Å²) in [5, 5.41) is 4.72. The van der Waals surface area contributed by atoms with E-state index < -0.39 is 35.4 Å². The second kappa shape index (κ2) is 9.16. The van der Waals surface area contributed by atoms with Crippen LogP contribution in [-0.4, -0.2) is 29.7 Å². The maximum Gasteiger partial charge on any atom is 0.416 e. The van der Waals surface area contributed by atoms with Gasteiger partial charge in [-0.3, -0.25) is 4.79 Å². The van der Waals surface area contributed by atoms with E-state index in [-0.39, 0.29) is 24.0 Å². The van der Waals surface area contributed by atoms with Gasteiger partial charge < -0.3 is 20.1 Å². The van der Waals surface area contributed by atoms with Crippen LogP contribution in [0.4, 0.5) is 18.0 Å². The Hall–Kier alpha value is -2.45. The minimum atomic E-state index is -4.60. The van der Waals surface area contributed by atoms with Crippen molar-refractivity contribution in [2.24, 2.45) is 0 Å². The zero-order valence-electron chi connectivity index (χ0n) is 16.9. The monoisotopic (exact) mass is 404 g/mol. The normalized spacial score (nSPS) is 13.1. The van der Waals surface area contributed by atoms with Crippen LogP contribution in [0.15, 0.2) is 18.2 Å². The molecule has 9 heteroatoms. The Kier molecular flexibility index (Phi) is 7.72. The fourth-order valence-electron chi connectivity index (χ4n) is 2.20. The largest absolute Gasteiger partial charge is 0.491 e. The van der Waals surface area contributed by atoms with Crippen molar-refractivity contribution in [3.63, 3.8) is 0 Å². The second-order valence-electron chi connectivity index (χ2n) is 7.57. The molecular formula is C19H27F3N2O4. The molecule has 0 bridgehead atoms. The molecule has 0 fully saturated rings. The number of nitrogens with one attached hydrogen (secondary N) is 2. The van der Waals surface area contributed by atoms with Gasteiger partial charge in [0, 0.05) is 6.54 Å². The smallest absolute Gasteiger partial charge is 0.416 e. The van der Waals surface area contributed by atoms with E-state index in [1.54, 1.807) is 34.6 Å². The number of carbonyl (C=O) groups is 2. The van der Waals surface area contributed by atoms with E-state index in [0.717, 1.165) is 6.07 Å². The first-order valence-electron chi connectivity index (χ1n) is 8.83. The van der Waals surface area contributed by atoms with Crippen molar-refractivity contribution in [1.82, 2.24) is 10.6 Å². The molecule has 0 heterocycles. The minimum Gasteiger partial charge on any atom is -0.491 e. The van der Waals surface area contributed by atoms with Crippen LogP contribution in [0.25, 0.3) is 0 Å². The number of ether oxygens (including phenoxy) is 2. The van der Waals surface area contributed by atoms with Gasteiger partial charge in [0.15, 0.2) is 0 Å². The third-order valence-electron chi connectivity index (χ3n) is 3.34. The number of halogens is 3. The molecule has 158 valence electrons. The van der Waals surface area contributed by atoms with Crippen LogP contribution in [0.5, 0.6) is 5.75 Å². The van der Waals surface area contributed by atoms with Gasteiger partial charge >= 0.3 is 12.3 Å². The fourth-order valence-corrected chi connectivity index (χ4v) is 2.20. The van der Waals surface area contributed by atoms with Crippen LogP contribution in [0.3, 0.4) is 0 Å². The standard InChI is InChI=1S/C19H27F3N2O4/c1-11(2)27-14-8-7-13(15(9-14)19(20,21)22)10-23-16(25)12(3)24-17(26)28-18(4,5)6/h7-9,11-12H,10H2,1-6H3,(H,23,25)(H,24,26)/t12-/m1/s1. The quantitative estimate of drug-likeness (QED) is 0.751. The summed E-state index contributed by atoms with van der Waals surface area (Å²) < 4.78 is 50.4. The van der Waals surface area contributed by atoms with Gasteiger partial charge in [0.05, 0.1) is 11.7 Å². The molecular weight excluding hydrogens is 377 g/mol. The Bertz CT molecular complexity index is 697. The lowest BCUT2D eigenvalue weighted by Crippen LogP contribution is -2.46. The fraction of sp³-hybridized carbons (Fsp3) is 0.579. The predicted octanol–water partition coefficient (Wildman–Crippen LogP) is 4.02. The number of alkyl carbamates (subject to hydrolysis) is 1. The average Bonchev–Trinajstić information content (AvgIpc) is 2.49. The summed E-state index contributed by atoms with van der Waals surface area (Å²) in [6.45, 7) is 9.48. The summed E-state index contributed by atoms with van der Waals surface area (Å²) in [5.41, 5.74) is -1.73. The van der Waals surface area contributed by atoms with Gasteiger partial charge in [-0.05, 0) is 59.2 Å². The zero-order chi connectivity index (χ0) is 21.7. The first-order chi connectivity index (χ1) is 12.7. The van der Waals surface area contributed by atoms with Gasteiger partial charge in [-0.25, -0.2) is 4.79 Å². The van der Waals surface area contributed by atoms with Crippen molar-refractivity contribution in [2.75, 3.05) is 0 Å². The number of alkyl halides is 3. The van der Waals surface area contributed by atoms with Crippen LogP contribution >= 0.6 is 0 Å². The summed E-state index contributed by atoms with van der Waals surface area (Å²) in [7, 11) is 0. The Morgan fingerprint density at radius 3 is 2.21 bits per heavy atom. The van der Waals surface area contributed by atoms with Crippen LogP contribution in [0, 0.1) is 0 Å². The second-order valence-corrected chi connectivity index (χ2v) is 7.57. The van der Waals surface area contributed by atoms with E-state index >= 15 is 0 Å². The van der Waals surface area contributed by atoms with Crippen LogP contribution < -0.4 is 15.4 Å². The highest BCUT2D eigenvalue weighted by atomic mass is 19.4. The molecule has 0 saturated heterocycles. The van der Waals surface area contributed by atoms with E-state index in [1.807, 2.05) is 0 Å². The first-order valence-corrected chi connectivity index (χ1v) is 8.83. The van der Waals surface area contributed by atoms with Crippen molar-refractivity contribution >= 4 is 12.0 Å². The molecule has 0 aliphatic heterocycles. The minimum absolute atomic E-state index is 0.0948. The molecule has 2 amide bonds. The Labute approximate surface area is 162 Å². The van der Waals surface area contributed by atoms with Crippen molar-refractivity contribution < 1.29 is 32.2 Å². The molecule has 0 aliphatic carbocycles. The lowest BCUT2D eigenvalue weighted by atomic mass is 10.1. The first kappa shape index (κ1) is 23.6. The van der Waals surface area contributed by atoms with E-state index in [0.29, 0.717) is 0 Å². The summed E-state index contributed by atoms with van der Waals surface area (Å²) in [6.07, 6.45) is -5.66. The maximum atomic E-state index is 13.3. The zero-order valence-corrected chi connectivity index (χ0v) is 16.9. The molecule has 0 radical (unpaired) electrons. The highest BCUT2D eigenvalue weighted by Gasteiger charge is 2.34. The number of benzene rings is 1. The van der Waals surface area contributed by atoms with Crippen LogP contribution in [-0.2, 0) is 22.3 Å². The molecule has 0 unspecified atom stereocenters. The lowest BCUT2D eigenvalue weighted by Gasteiger charge is -2.22. The number of rotatable bonds is 6. The number of hydrogen-bond donors (Lipinski definition) is 2. The SMILES string of the molecule is CC(C)Oc1ccc(CNC(=O)[C@@H](C)NC(=O)OC(C)(C)C)c(C(F)(F)F)c1. The van der Waals surface area contributed by atoms with E-state index in [4.69, 9.17) is 9.47 Å². The van der Waals surface area contributed by atoms with Gasteiger partial charge in [0.25, 0.3) is 0 Å². The van der Waals surface area contributed by atoms with Gasteiger partial charge in [0.2, 0.25) is 5.91 Å². The number of hydrogen-bond acceptors (Lipinski definition) is 4. The summed E-state index contributed by atoms with van der Waals surface area (Å²) in [4.78, 5) is 23.8. The summed E-state index contributed by atoms with van der Waals surface area (Å²) >= 11 is 0. The molecule has 0 saturated carbocycles. The predicted molar refractivity (Wildman–Crippen MR) is 97.9 cm³/mol. The molecule has 2 N–H and O–H groups in total. The summed E-state index contributed by atoms with van der Waals surface area (Å²) in [6, 6.07) is 2.60. The van der Waals surface area contributed by atoms with Gasteiger partial charge in [-0.15, -0.1) is 0 Å². The van der Waals surface area contributed by atoms with Crippen molar-refractivity contribution in [3.8, 4) is 5.75 Å². The van der Waals surface area contributed by atoms with Gasteiger partial charge in [-0.2, -0.15) is 13.2 Å². The highest BCUT2D eigenvalue weighted by molar-refractivity contribution is 5.85. The molecule has 28 heavy (non-hydrogen) atoms. The molecule has 0 aliphatic rings. The maximum absolute atomic E-state index is 13.3. The van der Waals surface area contributed by atoms with Crippen molar-refractivity contribution in [1.29, 1.82) is 0 Å². The van der Waals surface area contributed by atoms with E-state index in [2.05, 4.69) is 10.6 Å². The number of carbonyl (C=O) groups excluding carboxylic acids is 2. The topological polar surface area (TPSA) is 76.7 Å². The third-order valence-corrected chi connectivity index (χ3v) is 3.34. The Morgan fingerprint density at radius 2 is 1.71 bits per heavy atom. The number of amides is 2. The molecule has 1 atom stereocenters. The van der Waals surface area contributed by atoms with Gasteiger partial charge in [-0.1, -0.05) is 6.07 Å². The molecule has 0 aromatic heterocycles. The Balaban J connectivity index is 2.80. The lowest BCUT2D eigenvalue weighted by molar-refractivity contribution is -0.138. The Morgan fingerprint density at radius 1 is 1.11 bits per heavy atom. The molecule has 0 spiro atoms. The van der Waals surface area contributed by atoms with Crippen molar-refractivity contribution in [2.45, 2.75) is 72.0 Å². The molecule has 1 rings (SSSR count). The van der Waals surface area contributed by atoms with Crippen molar-refractivity contribution in [3.05, 3.63) is 29.3 Å². The highest BCUT2D eigenvalue weighted by Crippen LogP contribution is 2.34.